The summed E-state index contributed by atoms with van der Waals surface area (Å²) >= 11 is 0. The molecular formula is C12H22N4O. The first kappa shape index (κ1) is 12.2. The zero-order valence-electron chi connectivity index (χ0n) is 10.8. The molecule has 2 heterocycles. The quantitative estimate of drug-likeness (QED) is 0.822. The van der Waals surface area contributed by atoms with Gasteiger partial charge >= 0.3 is 0 Å². The summed E-state index contributed by atoms with van der Waals surface area (Å²) < 4.78 is 1.87. The molecule has 0 bridgehead atoms. The van der Waals surface area contributed by atoms with E-state index >= 15 is 0 Å². The number of aliphatic hydroxyl groups excluding tert-OH is 1. The summed E-state index contributed by atoms with van der Waals surface area (Å²) in [5.41, 5.74) is 7.94. The van der Waals surface area contributed by atoms with Crippen molar-refractivity contribution in [3.63, 3.8) is 0 Å². The number of nitrogens with two attached hydrogens (primary N) is 1. The highest BCUT2D eigenvalue weighted by Gasteiger charge is 2.27. The molecule has 1 aromatic heterocycles. The van der Waals surface area contributed by atoms with E-state index in [1.807, 2.05) is 11.7 Å². The van der Waals surface area contributed by atoms with Gasteiger partial charge in [0.05, 0.1) is 11.4 Å². The number of aliphatic hydroxyl groups is 1. The van der Waals surface area contributed by atoms with Gasteiger partial charge in [-0.2, -0.15) is 5.10 Å². The summed E-state index contributed by atoms with van der Waals surface area (Å²) in [6, 6.07) is 0. The standard InChI is InChI=1S/C12H22N4O/c1-8(2)11-10(13)12(15(3)14-11)16-5-4-9(6-16)7-17/h8-9,17H,4-7,13H2,1-3H3. The first-order valence-corrected chi connectivity index (χ1v) is 6.22. The Morgan fingerprint density at radius 2 is 2.24 bits per heavy atom. The second-order valence-electron chi connectivity index (χ2n) is 5.18. The van der Waals surface area contributed by atoms with E-state index < -0.39 is 0 Å². The van der Waals surface area contributed by atoms with Crippen LogP contribution in [0.5, 0.6) is 0 Å². The van der Waals surface area contributed by atoms with Crippen LogP contribution in [-0.2, 0) is 7.05 Å². The van der Waals surface area contributed by atoms with Crippen LogP contribution >= 0.6 is 0 Å². The van der Waals surface area contributed by atoms with Crippen LogP contribution in [0.3, 0.4) is 0 Å². The van der Waals surface area contributed by atoms with Gasteiger partial charge in [0.15, 0.2) is 0 Å². The summed E-state index contributed by atoms with van der Waals surface area (Å²) in [6.07, 6.45) is 1.03. The lowest BCUT2D eigenvalue weighted by Gasteiger charge is -2.19. The third-order valence-electron chi connectivity index (χ3n) is 3.47. The summed E-state index contributed by atoms with van der Waals surface area (Å²) in [4.78, 5) is 2.23. The number of aromatic nitrogens is 2. The van der Waals surface area contributed by atoms with Crippen molar-refractivity contribution >= 4 is 11.5 Å². The van der Waals surface area contributed by atoms with E-state index in [9.17, 15) is 5.11 Å². The maximum atomic E-state index is 9.18. The highest BCUT2D eigenvalue weighted by atomic mass is 16.3. The average molecular weight is 238 g/mol. The van der Waals surface area contributed by atoms with Crippen molar-refractivity contribution in [3.8, 4) is 0 Å². The minimum absolute atomic E-state index is 0.255. The van der Waals surface area contributed by atoms with Gasteiger partial charge in [-0.25, -0.2) is 0 Å². The third kappa shape index (κ3) is 2.11. The SMILES string of the molecule is CC(C)c1nn(C)c(N2CCC(CO)C2)c1N. The van der Waals surface area contributed by atoms with Crippen LogP contribution in [0.1, 0.15) is 31.9 Å². The molecule has 0 saturated carbocycles. The molecule has 1 saturated heterocycles. The fourth-order valence-corrected chi connectivity index (χ4v) is 2.53. The van der Waals surface area contributed by atoms with Crippen LogP contribution < -0.4 is 10.6 Å². The minimum atomic E-state index is 0.255. The Morgan fingerprint density at radius 1 is 1.53 bits per heavy atom. The van der Waals surface area contributed by atoms with Crippen molar-refractivity contribution in [2.45, 2.75) is 26.2 Å². The van der Waals surface area contributed by atoms with Gasteiger partial charge in [0, 0.05) is 32.7 Å². The Kier molecular flexibility index (Phi) is 3.28. The fraction of sp³-hybridized carbons (Fsp3) is 0.750. The Balaban J connectivity index is 2.27. The molecule has 17 heavy (non-hydrogen) atoms. The van der Waals surface area contributed by atoms with Crippen molar-refractivity contribution in [1.29, 1.82) is 0 Å². The largest absolute Gasteiger partial charge is 0.396 e. The highest BCUT2D eigenvalue weighted by Crippen LogP contribution is 2.33. The molecule has 0 amide bonds. The zero-order chi connectivity index (χ0) is 12.6. The zero-order valence-corrected chi connectivity index (χ0v) is 10.8. The van der Waals surface area contributed by atoms with E-state index in [1.165, 1.54) is 0 Å². The number of aryl methyl sites for hydroxylation is 1. The molecule has 5 heteroatoms. The van der Waals surface area contributed by atoms with Gasteiger partial charge in [-0.05, 0) is 12.3 Å². The Hall–Kier alpha value is -1.23. The number of nitrogens with zero attached hydrogens (tertiary/aromatic N) is 3. The van der Waals surface area contributed by atoms with Crippen LogP contribution in [-0.4, -0.2) is 34.6 Å². The molecule has 1 aliphatic rings. The molecule has 96 valence electrons. The van der Waals surface area contributed by atoms with Gasteiger partial charge in [-0.1, -0.05) is 13.8 Å². The Morgan fingerprint density at radius 3 is 2.71 bits per heavy atom. The minimum Gasteiger partial charge on any atom is -0.396 e. The molecule has 3 N–H and O–H groups in total. The molecule has 0 radical (unpaired) electrons. The molecule has 1 fully saturated rings. The van der Waals surface area contributed by atoms with Crippen molar-refractivity contribution in [1.82, 2.24) is 9.78 Å². The third-order valence-corrected chi connectivity index (χ3v) is 3.47. The lowest BCUT2D eigenvalue weighted by atomic mass is 10.1. The predicted octanol–water partition coefficient (Wildman–Crippen LogP) is 0.944. The molecule has 2 rings (SSSR count). The van der Waals surface area contributed by atoms with E-state index in [1.54, 1.807) is 0 Å². The molecule has 1 atom stereocenters. The number of anilines is 2. The average Bonchev–Trinajstić information content (AvgIpc) is 2.83. The maximum absolute atomic E-state index is 9.18. The highest BCUT2D eigenvalue weighted by molar-refractivity contribution is 5.67. The molecular weight excluding hydrogens is 216 g/mol. The first-order valence-electron chi connectivity index (χ1n) is 6.22. The lowest BCUT2D eigenvalue weighted by molar-refractivity contribution is 0.238. The van der Waals surface area contributed by atoms with Crippen molar-refractivity contribution in [2.75, 3.05) is 30.3 Å². The number of nitrogen functional groups attached to an aromatic ring is 1. The van der Waals surface area contributed by atoms with Gasteiger partial charge < -0.3 is 15.7 Å². The monoisotopic (exact) mass is 238 g/mol. The number of hydrogen-bond donors (Lipinski definition) is 2. The van der Waals surface area contributed by atoms with E-state index in [0.717, 1.165) is 36.7 Å². The molecule has 1 unspecified atom stereocenters. The van der Waals surface area contributed by atoms with Crippen LogP contribution in [0.2, 0.25) is 0 Å². The van der Waals surface area contributed by atoms with E-state index in [2.05, 4.69) is 23.8 Å². The Labute approximate surface area is 102 Å². The topological polar surface area (TPSA) is 67.3 Å². The van der Waals surface area contributed by atoms with Crippen molar-refractivity contribution in [2.24, 2.45) is 13.0 Å². The molecule has 0 aliphatic carbocycles. The summed E-state index contributed by atoms with van der Waals surface area (Å²) in [7, 11) is 1.93. The lowest BCUT2D eigenvalue weighted by Crippen LogP contribution is -2.24. The number of rotatable bonds is 3. The van der Waals surface area contributed by atoms with Crippen molar-refractivity contribution < 1.29 is 5.11 Å². The maximum Gasteiger partial charge on any atom is 0.150 e. The van der Waals surface area contributed by atoms with Crippen LogP contribution in [0.25, 0.3) is 0 Å². The smallest absolute Gasteiger partial charge is 0.150 e. The van der Waals surface area contributed by atoms with Gasteiger partial charge in [0.25, 0.3) is 0 Å². The molecule has 0 spiro atoms. The fourth-order valence-electron chi connectivity index (χ4n) is 2.53. The van der Waals surface area contributed by atoms with Gasteiger partial charge in [-0.3, -0.25) is 4.68 Å². The Bertz CT molecular complexity index is 399. The second kappa shape index (κ2) is 4.56. The molecule has 0 aromatic carbocycles. The summed E-state index contributed by atoms with van der Waals surface area (Å²) in [5.74, 6) is 1.71. The van der Waals surface area contributed by atoms with Crippen molar-refractivity contribution in [3.05, 3.63) is 5.69 Å². The molecule has 1 aromatic rings. The first-order chi connectivity index (χ1) is 8.04. The van der Waals surface area contributed by atoms with E-state index in [0.29, 0.717) is 11.8 Å². The second-order valence-corrected chi connectivity index (χ2v) is 5.18. The molecule has 1 aliphatic heterocycles. The van der Waals surface area contributed by atoms with Crippen LogP contribution in [0.4, 0.5) is 11.5 Å². The van der Waals surface area contributed by atoms with E-state index in [-0.39, 0.29) is 6.61 Å². The van der Waals surface area contributed by atoms with Crippen LogP contribution in [0, 0.1) is 5.92 Å². The van der Waals surface area contributed by atoms with Gasteiger partial charge in [-0.15, -0.1) is 0 Å². The van der Waals surface area contributed by atoms with Gasteiger partial charge in [0.2, 0.25) is 0 Å². The van der Waals surface area contributed by atoms with E-state index in [4.69, 9.17) is 5.73 Å². The summed E-state index contributed by atoms with van der Waals surface area (Å²) in [6.45, 7) is 6.28. The predicted molar refractivity (Wildman–Crippen MR) is 69.1 cm³/mol. The molecule has 5 nitrogen and oxygen atoms in total. The normalized spacial score (nSPS) is 20.5. The number of hydrogen-bond acceptors (Lipinski definition) is 4. The van der Waals surface area contributed by atoms with Crippen LogP contribution in [0.15, 0.2) is 0 Å². The van der Waals surface area contributed by atoms with Gasteiger partial charge in [0.1, 0.15) is 5.82 Å². The summed E-state index contributed by atoms with van der Waals surface area (Å²) in [5, 5.41) is 13.7.